The minimum atomic E-state index is -0.515. The fraction of sp³-hybridized carbons (Fsp3) is 0.588. The van der Waals surface area contributed by atoms with Gasteiger partial charge in [-0.15, -0.1) is 0 Å². The smallest absolute Gasteiger partial charge is 0.407 e. The van der Waals surface area contributed by atoms with Crippen molar-refractivity contribution >= 4 is 6.09 Å². The maximum Gasteiger partial charge on any atom is 0.407 e. The van der Waals surface area contributed by atoms with Crippen LogP contribution in [0.25, 0.3) is 0 Å². The van der Waals surface area contributed by atoms with Crippen molar-refractivity contribution in [1.29, 1.82) is 0 Å². The molecule has 0 aromatic heterocycles. The highest BCUT2D eigenvalue weighted by molar-refractivity contribution is 5.68. The van der Waals surface area contributed by atoms with Crippen LogP contribution in [-0.2, 0) is 11.3 Å². The fourth-order valence-electron chi connectivity index (χ4n) is 2.80. The summed E-state index contributed by atoms with van der Waals surface area (Å²) >= 11 is 0. The van der Waals surface area contributed by atoms with Crippen LogP contribution in [0.3, 0.4) is 0 Å². The Morgan fingerprint density at radius 3 is 2.65 bits per heavy atom. The second kappa shape index (κ2) is 7.08. The molecule has 4 N–H and O–H groups in total. The molecule has 0 spiro atoms. The molecule has 1 aliphatic carbocycles. The molecule has 1 aromatic carbocycles. The van der Waals surface area contributed by atoms with Gasteiger partial charge in [0.15, 0.2) is 11.5 Å². The number of nitrogens with one attached hydrogen (secondary N) is 2. The number of amides is 1. The normalized spacial score (nSPS) is 21.2. The molecule has 1 aliphatic rings. The molecule has 23 heavy (non-hydrogen) atoms. The van der Waals surface area contributed by atoms with Crippen molar-refractivity contribution in [3.8, 4) is 11.5 Å². The Balaban J connectivity index is 1.89. The third kappa shape index (κ3) is 5.03. The van der Waals surface area contributed by atoms with Crippen LogP contribution in [0.15, 0.2) is 18.2 Å². The number of hydrogen-bond acceptors (Lipinski definition) is 5. The van der Waals surface area contributed by atoms with Crippen LogP contribution in [-0.4, -0.2) is 34.0 Å². The molecule has 0 heterocycles. The van der Waals surface area contributed by atoms with Gasteiger partial charge in [-0.25, -0.2) is 4.79 Å². The number of para-hydroxylation sites is 1. The van der Waals surface area contributed by atoms with E-state index in [2.05, 4.69) is 10.6 Å². The van der Waals surface area contributed by atoms with Crippen LogP contribution < -0.4 is 10.6 Å². The lowest BCUT2D eigenvalue weighted by atomic mass is 10.1. The number of phenolic OH excluding ortho intramolecular Hbond substituents is 2. The Morgan fingerprint density at radius 2 is 1.96 bits per heavy atom. The second-order valence-corrected chi connectivity index (χ2v) is 6.96. The summed E-state index contributed by atoms with van der Waals surface area (Å²) < 4.78 is 5.29. The molecule has 0 radical (unpaired) electrons. The van der Waals surface area contributed by atoms with Gasteiger partial charge < -0.3 is 25.6 Å². The van der Waals surface area contributed by atoms with Crippen LogP contribution in [0, 0.1) is 0 Å². The SMILES string of the molecule is CC(C)(C)OC(=O)NC1CCCC1NCc1cccc(O)c1O. The Morgan fingerprint density at radius 1 is 1.26 bits per heavy atom. The Hall–Kier alpha value is -1.95. The first-order chi connectivity index (χ1) is 10.8. The van der Waals surface area contributed by atoms with E-state index in [4.69, 9.17) is 4.74 Å². The summed E-state index contributed by atoms with van der Waals surface area (Å²) in [6.45, 7) is 5.93. The molecule has 1 aromatic rings. The van der Waals surface area contributed by atoms with E-state index in [9.17, 15) is 15.0 Å². The molecular weight excluding hydrogens is 296 g/mol. The van der Waals surface area contributed by atoms with E-state index in [1.807, 2.05) is 20.8 Å². The highest BCUT2D eigenvalue weighted by Crippen LogP contribution is 2.28. The van der Waals surface area contributed by atoms with Gasteiger partial charge in [0.1, 0.15) is 5.60 Å². The molecule has 6 nitrogen and oxygen atoms in total. The minimum Gasteiger partial charge on any atom is -0.504 e. The quantitative estimate of drug-likeness (QED) is 0.640. The van der Waals surface area contributed by atoms with E-state index in [1.165, 1.54) is 6.07 Å². The van der Waals surface area contributed by atoms with Crippen molar-refractivity contribution in [3.05, 3.63) is 23.8 Å². The summed E-state index contributed by atoms with van der Waals surface area (Å²) in [6, 6.07) is 5.01. The summed E-state index contributed by atoms with van der Waals surface area (Å²) in [7, 11) is 0. The third-order valence-electron chi connectivity index (χ3n) is 3.87. The van der Waals surface area contributed by atoms with Gasteiger partial charge in [0, 0.05) is 24.2 Å². The number of alkyl carbamates (subject to hydrolysis) is 1. The number of rotatable bonds is 4. The highest BCUT2D eigenvalue weighted by Gasteiger charge is 2.30. The van der Waals surface area contributed by atoms with E-state index in [0.29, 0.717) is 12.1 Å². The van der Waals surface area contributed by atoms with Gasteiger partial charge in [-0.05, 0) is 46.1 Å². The second-order valence-electron chi connectivity index (χ2n) is 6.96. The lowest BCUT2D eigenvalue weighted by Crippen LogP contribution is -2.47. The molecule has 1 fully saturated rings. The zero-order valence-electron chi connectivity index (χ0n) is 13.9. The maximum atomic E-state index is 11.9. The van der Waals surface area contributed by atoms with Crippen LogP contribution in [0.1, 0.15) is 45.6 Å². The van der Waals surface area contributed by atoms with Crippen LogP contribution in [0.4, 0.5) is 4.79 Å². The number of carbonyl (C=O) groups is 1. The highest BCUT2D eigenvalue weighted by atomic mass is 16.6. The molecule has 6 heteroatoms. The first kappa shape index (κ1) is 17.4. The van der Waals surface area contributed by atoms with Crippen molar-refractivity contribution in [2.75, 3.05) is 0 Å². The van der Waals surface area contributed by atoms with Gasteiger partial charge in [-0.1, -0.05) is 12.1 Å². The Bertz CT molecular complexity index is 554. The number of benzene rings is 1. The number of ether oxygens (including phenoxy) is 1. The van der Waals surface area contributed by atoms with E-state index >= 15 is 0 Å². The largest absolute Gasteiger partial charge is 0.504 e. The number of aromatic hydroxyl groups is 2. The summed E-state index contributed by atoms with van der Waals surface area (Å²) in [5, 5.41) is 25.6. The van der Waals surface area contributed by atoms with Crippen molar-refractivity contribution in [2.24, 2.45) is 0 Å². The molecule has 0 saturated heterocycles. The Labute approximate surface area is 136 Å². The predicted molar refractivity (Wildman–Crippen MR) is 87.4 cm³/mol. The summed E-state index contributed by atoms with van der Waals surface area (Å²) in [6.07, 6.45) is 2.45. The predicted octanol–water partition coefficient (Wildman–Crippen LogP) is 2.63. The van der Waals surface area contributed by atoms with Gasteiger partial charge >= 0.3 is 6.09 Å². The average Bonchev–Trinajstić information content (AvgIpc) is 2.85. The summed E-state index contributed by atoms with van der Waals surface area (Å²) in [5.41, 5.74) is 0.117. The maximum absolute atomic E-state index is 11.9. The van der Waals surface area contributed by atoms with Gasteiger partial charge in [0.05, 0.1) is 0 Å². The van der Waals surface area contributed by atoms with E-state index in [1.54, 1.807) is 12.1 Å². The monoisotopic (exact) mass is 322 g/mol. The minimum absolute atomic E-state index is 0.00398. The van der Waals surface area contributed by atoms with Crippen LogP contribution in [0.5, 0.6) is 11.5 Å². The molecule has 2 rings (SSSR count). The molecule has 0 bridgehead atoms. The van der Waals surface area contributed by atoms with Crippen LogP contribution in [0.2, 0.25) is 0 Å². The standard InChI is InChI=1S/C17H26N2O4/c1-17(2,3)23-16(22)19-13-8-5-7-12(13)18-10-11-6-4-9-14(20)15(11)21/h4,6,9,12-13,18,20-21H,5,7-8,10H2,1-3H3,(H,19,22). The lowest BCUT2D eigenvalue weighted by molar-refractivity contribution is 0.0498. The fourth-order valence-corrected chi connectivity index (χ4v) is 2.80. The van der Waals surface area contributed by atoms with E-state index in [0.717, 1.165) is 19.3 Å². The van der Waals surface area contributed by atoms with E-state index in [-0.39, 0.29) is 23.6 Å². The summed E-state index contributed by atoms with van der Waals surface area (Å²) in [5.74, 6) is -0.228. The van der Waals surface area contributed by atoms with Gasteiger partial charge in [-0.2, -0.15) is 0 Å². The van der Waals surface area contributed by atoms with Crippen molar-refractivity contribution in [1.82, 2.24) is 10.6 Å². The summed E-state index contributed by atoms with van der Waals surface area (Å²) in [4.78, 5) is 11.9. The molecule has 2 unspecified atom stereocenters. The Kier molecular flexibility index (Phi) is 5.36. The topological polar surface area (TPSA) is 90.8 Å². The van der Waals surface area contributed by atoms with Gasteiger partial charge in [0.25, 0.3) is 0 Å². The molecule has 0 aliphatic heterocycles. The lowest BCUT2D eigenvalue weighted by Gasteiger charge is -2.25. The third-order valence-corrected chi connectivity index (χ3v) is 3.87. The number of carbonyl (C=O) groups excluding carboxylic acids is 1. The molecule has 2 atom stereocenters. The molecule has 1 saturated carbocycles. The molecule has 1 amide bonds. The molecule has 128 valence electrons. The van der Waals surface area contributed by atoms with Crippen molar-refractivity contribution in [3.63, 3.8) is 0 Å². The molecular formula is C17H26N2O4. The first-order valence-electron chi connectivity index (χ1n) is 7.99. The van der Waals surface area contributed by atoms with E-state index < -0.39 is 11.7 Å². The van der Waals surface area contributed by atoms with Gasteiger partial charge in [0.2, 0.25) is 0 Å². The number of phenols is 2. The zero-order chi connectivity index (χ0) is 17.0. The van der Waals surface area contributed by atoms with Crippen LogP contribution >= 0.6 is 0 Å². The first-order valence-corrected chi connectivity index (χ1v) is 7.99. The average molecular weight is 322 g/mol. The van der Waals surface area contributed by atoms with Gasteiger partial charge in [-0.3, -0.25) is 0 Å². The van der Waals surface area contributed by atoms with Crippen molar-refractivity contribution in [2.45, 2.75) is 64.3 Å². The zero-order valence-corrected chi connectivity index (χ0v) is 13.9. The number of hydrogen-bond donors (Lipinski definition) is 4. The van der Waals surface area contributed by atoms with Crippen molar-refractivity contribution < 1.29 is 19.7 Å².